The van der Waals surface area contributed by atoms with E-state index in [1.165, 1.54) is 4.31 Å². The van der Waals surface area contributed by atoms with Crippen molar-refractivity contribution in [2.45, 2.75) is 50.5 Å². The first kappa shape index (κ1) is 19.6. The topological polar surface area (TPSA) is 66.5 Å². The van der Waals surface area contributed by atoms with Gasteiger partial charge in [0.1, 0.15) is 6.04 Å². The molecule has 0 unspecified atom stereocenters. The van der Waals surface area contributed by atoms with Crippen molar-refractivity contribution in [1.82, 2.24) is 4.31 Å². The van der Waals surface area contributed by atoms with Gasteiger partial charge in [-0.1, -0.05) is 43.7 Å². The summed E-state index contributed by atoms with van der Waals surface area (Å²) in [5, 5.41) is 2.90. The molecule has 1 amide bonds. The summed E-state index contributed by atoms with van der Waals surface area (Å²) in [6, 6.07) is 13.8. The molecule has 1 fully saturated rings. The van der Waals surface area contributed by atoms with E-state index >= 15 is 0 Å². The van der Waals surface area contributed by atoms with E-state index in [9.17, 15) is 13.2 Å². The van der Waals surface area contributed by atoms with E-state index in [1.54, 1.807) is 24.3 Å². The van der Waals surface area contributed by atoms with Crippen LogP contribution in [0, 0.1) is 6.92 Å². The van der Waals surface area contributed by atoms with Crippen molar-refractivity contribution < 1.29 is 13.2 Å². The van der Waals surface area contributed by atoms with Crippen molar-refractivity contribution in [1.29, 1.82) is 0 Å². The Labute approximate surface area is 161 Å². The molecule has 5 nitrogen and oxygen atoms in total. The van der Waals surface area contributed by atoms with Crippen molar-refractivity contribution in [2.24, 2.45) is 0 Å². The van der Waals surface area contributed by atoms with Gasteiger partial charge in [-0.25, -0.2) is 8.42 Å². The first-order valence-corrected chi connectivity index (χ1v) is 10.7. The molecule has 2 aromatic carbocycles. The van der Waals surface area contributed by atoms with Crippen molar-refractivity contribution in [3.8, 4) is 0 Å². The first-order chi connectivity index (χ1) is 12.8. The third-order valence-corrected chi connectivity index (χ3v) is 6.88. The van der Waals surface area contributed by atoms with Gasteiger partial charge in [-0.15, -0.1) is 0 Å². The van der Waals surface area contributed by atoms with Crippen molar-refractivity contribution >= 4 is 21.6 Å². The monoisotopic (exact) mass is 386 g/mol. The molecule has 1 aliphatic rings. The number of carbonyl (C=O) groups excluding carboxylic acids is 1. The smallest absolute Gasteiger partial charge is 0.243 e. The van der Waals surface area contributed by atoms with Crippen molar-refractivity contribution in [3.05, 3.63) is 59.7 Å². The lowest BCUT2D eigenvalue weighted by atomic mass is 10.0. The third-order valence-electron chi connectivity index (χ3n) is 4.95. The molecule has 144 valence electrons. The Morgan fingerprint density at radius 3 is 2.52 bits per heavy atom. The predicted octanol–water partition coefficient (Wildman–Crippen LogP) is 3.91. The number of aryl methyl sites for hydroxylation is 1. The number of anilines is 1. The summed E-state index contributed by atoms with van der Waals surface area (Å²) in [6.07, 6.45) is 1.20. The molecule has 1 heterocycles. The minimum Gasteiger partial charge on any atom is -0.325 e. The van der Waals surface area contributed by atoms with Gasteiger partial charge in [0.15, 0.2) is 0 Å². The number of hydrogen-bond donors (Lipinski definition) is 1. The van der Waals surface area contributed by atoms with Gasteiger partial charge in [-0.2, -0.15) is 4.31 Å². The lowest BCUT2D eigenvalue weighted by molar-refractivity contribution is -0.119. The van der Waals surface area contributed by atoms with Crippen molar-refractivity contribution in [2.75, 3.05) is 11.9 Å². The highest BCUT2D eigenvalue weighted by molar-refractivity contribution is 7.89. The highest BCUT2D eigenvalue weighted by Gasteiger charge is 2.39. The number of rotatable bonds is 5. The summed E-state index contributed by atoms with van der Waals surface area (Å²) < 4.78 is 27.3. The van der Waals surface area contributed by atoms with Crippen LogP contribution in [0.4, 0.5) is 5.69 Å². The standard InChI is InChI=1S/C21H26N2O3S/c1-15(2)17-6-4-7-18(14-17)22-21(24)20-8-5-13-23(20)27(25,26)19-11-9-16(3)10-12-19/h4,6-7,9-12,14-15,20H,5,8,13H2,1-3H3,(H,22,24)/t20-/m0/s1. The Balaban J connectivity index is 1.80. The summed E-state index contributed by atoms with van der Waals surface area (Å²) in [7, 11) is -3.69. The lowest BCUT2D eigenvalue weighted by Gasteiger charge is -2.23. The maximum Gasteiger partial charge on any atom is 0.243 e. The third kappa shape index (κ3) is 4.22. The van der Waals surface area contributed by atoms with Crippen LogP contribution in [0.25, 0.3) is 0 Å². The van der Waals surface area contributed by atoms with E-state index < -0.39 is 16.1 Å². The predicted molar refractivity (Wildman–Crippen MR) is 107 cm³/mol. The average Bonchev–Trinajstić information content (AvgIpc) is 3.13. The van der Waals surface area contributed by atoms with E-state index in [0.717, 1.165) is 11.1 Å². The summed E-state index contributed by atoms with van der Waals surface area (Å²) >= 11 is 0. The van der Waals surface area contributed by atoms with Crippen LogP contribution in [0.15, 0.2) is 53.4 Å². The zero-order chi connectivity index (χ0) is 19.6. The lowest BCUT2D eigenvalue weighted by Crippen LogP contribution is -2.43. The number of amides is 1. The minimum atomic E-state index is -3.69. The average molecular weight is 387 g/mol. The van der Waals surface area contributed by atoms with E-state index in [4.69, 9.17) is 0 Å². The van der Waals surface area contributed by atoms with Gasteiger partial charge in [0, 0.05) is 12.2 Å². The summed E-state index contributed by atoms with van der Waals surface area (Å²) in [5.74, 6) is 0.0795. The van der Waals surface area contributed by atoms with Crippen LogP contribution in [0.2, 0.25) is 0 Å². The summed E-state index contributed by atoms with van der Waals surface area (Å²) in [4.78, 5) is 13.1. The molecule has 0 aliphatic carbocycles. The minimum absolute atomic E-state index is 0.231. The van der Waals surface area contributed by atoms with Crippen LogP contribution in [-0.2, 0) is 14.8 Å². The number of nitrogens with one attached hydrogen (secondary N) is 1. The van der Waals surface area contributed by atoms with Gasteiger partial charge in [-0.3, -0.25) is 4.79 Å². The fourth-order valence-corrected chi connectivity index (χ4v) is 4.99. The largest absolute Gasteiger partial charge is 0.325 e. The van der Waals surface area contributed by atoms with E-state index in [1.807, 2.05) is 31.2 Å². The molecule has 1 atom stereocenters. The number of hydrogen-bond acceptors (Lipinski definition) is 3. The normalized spacial score (nSPS) is 18.0. The molecule has 1 saturated heterocycles. The van der Waals surface area contributed by atoms with Crippen LogP contribution in [0.1, 0.15) is 43.7 Å². The van der Waals surface area contributed by atoms with E-state index in [0.29, 0.717) is 31.0 Å². The molecule has 0 radical (unpaired) electrons. The van der Waals surface area contributed by atoms with Gasteiger partial charge in [0.05, 0.1) is 4.90 Å². The molecule has 1 aliphatic heterocycles. The zero-order valence-corrected chi connectivity index (χ0v) is 16.8. The molecule has 0 spiro atoms. The highest BCUT2D eigenvalue weighted by Crippen LogP contribution is 2.27. The zero-order valence-electron chi connectivity index (χ0n) is 16.0. The second-order valence-electron chi connectivity index (χ2n) is 7.36. The fourth-order valence-electron chi connectivity index (χ4n) is 3.34. The Hall–Kier alpha value is -2.18. The SMILES string of the molecule is Cc1ccc(S(=O)(=O)N2CCC[C@H]2C(=O)Nc2cccc(C(C)C)c2)cc1. The van der Waals surface area contributed by atoms with Crippen LogP contribution in [-0.4, -0.2) is 31.2 Å². The van der Waals surface area contributed by atoms with Gasteiger partial charge in [0.25, 0.3) is 0 Å². The summed E-state index contributed by atoms with van der Waals surface area (Å²) in [5.41, 5.74) is 2.82. The Morgan fingerprint density at radius 2 is 1.85 bits per heavy atom. The Bertz CT molecular complexity index is 921. The Kier molecular flexibility index (Phi) is 5.67. The molecular formula is C21H26N2O3S. The maximum atomic E-state index is 13.0. The van der Waals surface area contributed by atoms with Gasteiger partial charge in [0.2, 0.25) is 15.9 Å². The number of benzene rings is 2. The number of nitrogens with zero attached hydrogens (tertiary/aromatic N) is 1. The molecule has 3 rings (SSSR count). The van der Waals surface area contributed by atoms with Gasteiger partial charge < -0.3 is 5.32 Å². The van der Waals surface area contributed by atoms with E-state index in [-0.39, 0.29) is 10.8 Å². The number of sulfonamides is 1. The second-order valence-corrected chi connectivity index (χ2v) is 9.25. The molecule has 2 aromatic rings. The second kappa shape index (κ2) is 7.82. The van der Waals surface area contributed by atoms with Crippen LogP contribution < -0.4 is 5.32 Å². The molecule has 0 aromatic heterocycles. The molecule has 27 heavy (non-hydrogen) atoms. The molecule has 0 bridgehead atoms. The number of carbonyl (C=O) groups is 1. The van der Waals surface area contributed by atoms with Crippen LogP contribution >= 0.6 is 0 Å². The van der Waals surface area contributed by atoms with Gasteiger partial charge >= 0.3 is 0 Å². The molecule has 0 saturated carbocycles. The molecule has 1 N–H and O–H groups in total. The van der Waals surface area contributed by atoms with Crippen molar-refractivity contribution in [3.63, 3.8) is 0 Å². The first-order valence-electron chi connectivity index (χ1n) is 9.28. The highest BCUT2D eigenvalue weighted by atomic mass is 32.2. The van der Waals surface area contributed by atoms with E-state index in [2.05, 4.69) is 19.2 Å². The molecular weight excluding hydrogens is 360 g/mol. The maximum absolute atomic E-state index is 13.0. The quantitative estimate of drug-likeness (QED) is 0.847. The summed E-state index contributed by atoms with van der Waals surface area (Å²) in [6.45, 7) is 6.45. The molecule has 6 heteroatoms. The van der Waals surface area contributed by atoms with Gasteiger partial charge in [-0.05, 0) is 55.5 Å². The van der Waals surface area contributed by atoms with Crippen LogP contribution in [0.3, 0.4) is 0 Å². The van der Waals surface area contributed by atoms with Crippen LogP contribution in [0.5, 0.6) is 0 Å². The fraction of sp³-hybridized carbons (Fsp3) is 0.381. The Morgan fingerprint density at radius 1 is 1.15 bits per heavy atom.